The van der Waals surface area contributed by atoms with Crippen molar-refractivity contribution in [2.75, 3.05) is 0 Å². The third-order valence-electron chi connectivity index (χ3n) is 4.50. The van der Waals surface area contributed by atoms with E-state index >= 15 is 0 Å². The summed E-state index contributed by atoms with van der Waals surface area (Å²) in [5.74, 6) is 0.821. The zero-order valence-electron chi connectivity index (χ0n) is 14.9. The van der Waals surface area contributed by atoms with Crippen LogP contribution in [0.1, 0.15) is 22.9 Å². The number of hydrogen-bond donors (Lipinski definition) is 0. The number of aromatic nitrogens is 4. The summed E-state index contributed by atoms with van der Waals surface area (Å²) in [4.78, 5) is 12.9. The van der Waals surface area contributed by atoms with E-state index in [9.17, 15) is 4.79 Å². The minimum atomic E-state index is -0.177. The second kappa shape index (κ2) is 6.22. The van der Waals surface area contributed by atoms with E-state index < -0.39 is 0 Å². The van der Waals surface area contributed by atoms with Gasteiger partial charge in [-0.25, -0.2) is 4.68 Å². The van der Waals surface area contributed by atoms with E-state index in [1.807, 2.05) is 30.3 Å². The fourth-order valence-electron chi connectivity index (χ4n) is 2.97. The van der Waals surface area contributed by atoms with Gasteiger partial charge in [-0.3, -0.25) is 4.79 Å². The summed E-state index contributed by atoms with van der Waals surface area (Å²) in [6, 6.07) is 13.7. The fourth-order valence-corrected chi connectivity index (χ4v) is 2.97. The molecule has 0 bridgehead atoms. The molecule has 0 radical (unpaired) electrons. The van der Waals surface area contributed by atoms with E-state index in [-0.39, 0.29) is 12.1 Å². The summed E-state index contributed by atoms with van der Waals surface area (Å²) < 4.78 is 6.80. The van der Waals surface area contributed by atoms with Gasteiger partial charge < -0.3 is 4.42 Å². The van der Waals surface area contributed by atoms with Crippen molar-refractivity contribution >= 4 is 10.8 Å². The summed E-state index contributed by atoms with van der Waals surface area (Å²) in [5, 5.41) is 13.9. The summed E-state index contributed by atoms with van der Waals surface area (Å²) in [5.41, 5.74) is 3.95. The van der Waals surface area contributed by atoms with Crippen molar-refractivity contribution in [3.63, 3.8) is 0 Å². The van der Waals surface area contributed by atoms with Crippen molar-refractivity contribution in [2.24, 2.45) is 0 Å². The van der Waals surface area contributed by atoms with Crippen LogP contribution >= 0.6 is 0 Å². The van der Waals surface area contributed by atoms with Crippen molar-refractivity contribution in [3.05, 3.63) is 75.7 Å². The third-order valence-corrected chi connectivity index (χ3v) is 4.50. The molecule has 0 N–H and O–H groups in total. The van der Waals surface area contributed by atoms with Crippen molar-refractivity contribution in [1.82, 2.24) is 20.0 Å². The lowest BCUT2D eigenvalue weighted by Crippen LogP contribution is -2.24. The van der Waals surface area contributed by atoms with E-state index in [4.69, 9.17) is 4.42 Å². The Balaban J connectivity index is 1.95. The molecule has 26 heavy (non-hydrogen) atoms. The van der Waals surface area contributed by atoms with Gasteiger partial charge in [0.05, 0.1) is 11.1 Å². The van der Waals surface area contributed by atoms with E-state index in [1.165, 1.54) is 15.8 Å². The second-order valence-corrected chi connectivity index (χ2v) is 6.37. The Hall–Kier alpha value is -3.28. The van der Waals surface area contributed by atoms with Crippen LogP contribution in [0.2, 0.25) is 0 Å². The number of benzene rings is 2. The molecule has 0 amide bonds. The van der Waals surface area contributed by atoms with Crippen LogP contribution in [-0.2, 0) is 6.54 Å². The molecule has 4 aromatic rings. The maximum atomic E-state index is 12.9. The van der Waals surface area contributed by atoms with Crippen LogP contribution in [0.25, 0.3) is 22.0 Å². The number of nitrogens with zero attached hydrogens (tertiary/aromatic N) is 4. The van der Waals surface area contributed by atoms with Crippen LogP contribution in [0, 0.1) is 20.8 Å². The molecule has 6 nitrogen and oxygen atoms in total. The van der Waals surface area contributed by atoms with Crippen LogP contribution in [0.3, 0.4) is 0 Å². The normalized spacial score (nSPS) is 11.2. The van der Waals surface area contributed by atoms with Crippen molar-refractivity contribution in [1.29, 1.82) is 0 Å². The molecule has 0 atom stereocenters. The maximum Gasteiger partial charge on any atom is 0.275 e. The molecule has 4 rings (SSSR count). The molecule has 6 heteroatoms. The molecular formula is C20H18N4O2. The minimum Gasteiger partial charge on any atom is -0.424 e. The van der Waals surface area contributed by atoms with Gasteiger partial charge in [-0.15, -0.1) is 10.2 Å². The molecule has 0 spiro atoms. The SMILES string of the molecule is Cc1nnc(Cn2nc(-c3ccc(C)c(C)c3)c3ccccc3c2=O)o1. The monoisotopic (exact) mass is 346 g/mol. The lowest BCUT2D eigenvalue weighted by Gasteiger charge is -2.11. The van der Waals surface area contributed by atoms with Crippen LogP contribution in [0.5, 0.6) is 0 Å². The Morgan fingerprint density at radius 1 is 0.962 bits per heavy atom. The second-order valence-electron chi connectivity index (χ2n) is 6.37. The highest BCUT2D eigenvalue weighted by molar-refractivity contribution is 5.93. The molecule has 0 aliphatic carbocycles. The topological polar surface area (TPSA) is 73.8 Å². The third kappa shape index (κ3) is 2.79. The van der Waals surface area contributed by atoms with Gasteiger partial charge in [0.1, 0.15) is 6.54 Å². The van der Waals surface area contributed by atoms with Crippen LogP contribution in [0.4, 0.5) is 0 Å². The van der Waals surface area contributed by atoms with Crippen molar-refractivity contribution in [2.45, 2.75) is 27.3 Å². The molecule has 0 fully saturated rings. The molecule has 0 unspecified atom stereocenters. The first kappa shape index (κ1) is 16.2. The van der Waals surface area contributed by atoms with Gasteiger partial charge in [-0.2, -0.15) is 5.10 Å². The van der Waals surface area contributed by atoms with E-state index in [0.29, 0.717) is 17.2 Å². The predicted molar refractivity (Wildman–Crippen MR) is 99.1 cm³/mol. The summed E-state index contributed by atoms with van der Waals surface area (Å²) in [6.07, 6.45) is 0. The molecule has 2 heterocycles. The zero-order chi connectivity index (χ0) is 18.3. The number of rotatable bonds is 3. The quantitative estimate of drug-likeness (QED) is 0.568. The van der Waals surface area contributed by atoms with Gasteiger partial charge in [-0.1, -0.05) is 30.3 Å². The molecule has 0 saturated heterocycles. The van der Waals surface area contributed by atoms with Crippen molar-refractivity contribution in [3.8, 4) is 11.3 Å². The molecule has 2 aromatic carbocycles. The predicted octanol–water partition coefficient (Wildman–Crippen LogP) is 3.42. The van der Waals surface area contributed by atoms with Gasteiger partial charge >= 0.3 is 0 Å². The van der Waals surface area contributed by atoms with Gasteiger partial charge in [0.15, 0.2) is 0 Å². The van der Waals surface area contributed by atoms with Crippen LogP contribution in [0.15, 0.2) is 51.7 Å². The highest BCUT2D eigenvalue weighted by Crippen LogP contribution is 2.26. The average molecular weight is 346 g/mol. The highest BCUT2D eigenvalue weighted by atomic mass is 16.4. The Kier molecular flexibility index (Phi) is 3.88. The summed E-state index contributed by atoms with van der Waals surface area (Å²) in [7, 11) is 0. The Morgan fingerprint density at radius 3 is 2.42 bits per heavy atom. The van der Waals surface area contributed by atoms with Gasteiger partial charge in [0.2, 0.25) is 11.8 Å². The number of aryl methyl sites for hydroxylation is 3. The minimum absolute atomic E-state index is 0.141. The van der Waals surface area contributed by atoms with E-state index in [1.54, 1.807) is 6.92 Å². The van der Waals surface area contributed by atoms with Crippen LogP contribution in [-0.4, -0.2) is 20.0 Å². The molecule has 0 saturated carbocycles. The summed E-state index contributed by atoms with van der Waals surface area (Å²) >= 11 is 0. The lowest BCUT2D eigenvalue weighted by molar-refractivity contribution is 0.439. The molecule has 2 aromatic heterocycles. The maximum absolute atomic E-state index is 12.9. The lowest BCUT2D eigenvalue weighted by atomic mass is 10.0. The molecule has 130 valence electrons. The van der Waals surface area contributed by atoms with Gasteiger partial charge in [0.25, 0.3) is 5.56 Å². The van der Waals surface area contributed by atoms with Gasteiger partial charge in [0, 0.05) is 17.9 Å². The Labute approximate surface area is 150 Å². The van der Waals surface area contributed by atoms with Crippen LogP contribution < -0.4 is 5.56 Å². The fraction of sp³-hybridized carbons (Fsp3) is 0.200. The van der Waals surface area contributed by atoms with E-state index in [0.717, 1.165) is 16.6 Å². The van der Waals surface area contributed by atoms with Gasteiger partial charge in [-0.05, 0) is 37.1 Å². The first-order valence-electron chi connectivity index (χ1n) is 8.39. The summed E-state index contributed by atoms with van der Waals surface area (Å²) in [6.45, 7) is 6.00. The first-order chi connectivity index (χ1) is 12.5. The smallest absolute Gasteiger partial charge is 0.275 e. The highest BCUT2D eigenvalue weighted by Gasteiger charge is 2.14. The molecule has 0 aliphatic heterocycles. The molecule has 0 aliphatic rings. The molecular weight excluding hydrogens is 328 g/mol. The average Bonchev–Trinajstić information content (AvgIpc) is 3.05. The standard InChI is InChI=1S/C20H18N4O2/c1-12-8-9-15(10-13(12)2)19-16-6-4-5-7-17(16)20(25)24(23-19)11-18-22-21-14(3)26-18/h4-10H,11H2,1-3H3. The largest absolute Gasteiger partial charge is 0.424 e. The number of fused-ring (bicyclic) bond motifs is 1. The van der Waals surface area contributed by atoms with E-state index in [2.05, 4.69) is 41.3 Å². The zero-order valence-corrected chi connectivity index (χ0v) is 14.9. The Bertz CT molecular complexity index is 1170. The Morgan fingerprint density at radius 2 is 1.73 bits per heavy atom. The van der Waals surface area contributed by atoms with Crippen molar-refractivity contribution < 1.29 is 4.42 Å². The first-order valence-corrected chi connectivity index (χ1v) is 8.39. The number of hydrogen-bond acceptors (Lipinski definition) is 5.